The van der Waals surface area contributed by atoms with Crippen LogP contribution in [-0.2, 0) is 6.42 Å². The summed E-state index contributed by atoms with van der Waals surface area (Å²) in [6.45, 7) is 0. The van der Waals surface area contributed by atoms with Gasteiger partial charge in [0.05, 0.1) is 6.20 Å². The third-order valence-electron chi connectivity index (χ3n) is 1.22. The van der Waals surface area contributed by atoms with Crippen molar-refractivity contribution in [3.8, 4) is 0 Å². The second-order valence-electron chi connectivity index (χ2n) is 1.91. The van der Waals surface area contributed by atoms with Gasteiger partial charge in [0.25, 0.3) is 0 Å². The lowest BCUT2D eigenvalue weighted by Gasteiger charge is -1.96. The number of pyridine rings is 1. The van der Waals surface area contributed by atoms with E-state index in [1.165, 1.54) is 6.20 Å². The quantitative estimate of drug-likeness (QED) is 0.602. The van der Waals surface area contributed by atoms with Crippen LogP contribution in [0.15, 0.2) is 18.5 Å². The molecule has 1 nitrogen and oxygen atoms in total. The van der Waals surface area contributed by atoms with E-state index in [-0.39, 0.29) is 5.82 Å². The molecule has 0 amide bonds. The monoisotopic (exact) mass is 159 g/mol. The van der Waals surface area contributed by atoms with Gasteiger partial charge in [-0.2, -0.15) is 0 Å². The molecular formula is C7H7ClFN. The molecule has 0 N–H and O–H groups in total. The van der Waals surface area contributed by atoms with Crippen LogP contribution in [0.3, 0.4) is 0 Å². The van der Waals surface area contributed by atoms with E-state index in [0.29, 0.717) is 17.9 Å². The highest BCUT2D eigenvalue weighted by molar-refractivity contribution is 6.17. The topological polar surface area (TPSA) is 12.9 Å². The molecule has 1 heterocycles. The van der Waals surface area contributed by atoms with Crippen molar-refractivity contribution in [2.75, 3.05) is 5.88 Å². The first kappa shape index (κ1) is 7.48. The lowest BCUT2D eigenvalue weighted by Crippen LogP contribution is -1.91. The van der Waals surface area contributed by atoms with Gasteiger partial charge in [-0.3, -0.25) is 4.98 Å². The van der Waals surface area contributed by atoms with Gasteiger partial charge >= 0.3 is 0 Å². The second-order valence-corrected chi connectivity index (χ2v) is 2.28. The molecule has 0 unspecified atom stereocenters. The summed E-state index contributed by atoms with van der Waals surface area (Å²) in [5.41, 5.74) is 0.630. The Hall–Kier alpha value is -0.630. The highest BCUT2D eigenvalue weighted by atomic mass is 35.5. The Morgan fingerprint density at radius 3 is 3.00 bits per heavy atom. The molecular weight excluding hydrogens is 153 g/mol. The van der Waals surface area contributed by atoms with E-state index in [0.717, 1.165) is 0 Å². The van der Waals surface area contributed by atoms with Crippen molar-refractivity contribution in [1.82, 2.24) is 4.98 Å². The molecule has 0 aliphatic heterocycles. The fourth-order valence-corrected chi connectivity index (χ4v) is 0.912. The first-order chi connectivity index (χ1) is 4.84. The predicted molar refractivity (Wildman–Crippen MR) is 38.6 cm³/mol. The van der Waals surface area contributed by atoms with E-state index >= 15 is 0 Å². The Bertz CT molecular complexity index is 215. The number of aromatic nitrogens is 1. The molecule has 10 heavy (non-hydrogen) atoms. The van der Waals surface area contributed by atoms with Crippen molar-refractivity contribution in [2.45, 2.75) is 6.42 Å². The average Bonchev–Trinajstić information content (AvgIpc) is 1.94. The van der Waals surface area contributed by atoms with Crippen LogP contribution in [-0.4, -0.2) is 10.9 Å². The van der Waals surface area contributed by atoms with E-state index in [4.69, 9.17) is 11.6 Å². The molecule has 0 aliphatic rings. The molecule has 0 saturated heterocycles. The summed E-state index contributed by atoms with van der Waals surface area (Å²) >= 11 is 5.42. The summed E-state index contributed by atoms with van der Waals surface area (Å²) in [6.07, 6.45) is 3.32. The van der Waals surface area contributed by atoms with Crippen molar-refractivity contribution >= 4 is 11.6 Å². The van der Waals surface area contributed by atoms with Gasteiger partial charge in [0.2, 0.25) is 0 Å². The van der Waals surface area contributed by atoms with Crippen LogP contribution in [0.2, 0.25) is 0 Å². The number of aryl methyl sites for hydroxylation is 1. The summed E-state index contributed by atoms with van der Waals surface area (Å²) in [7, 11) is 0. The number of alkyl halides is 1. The van der Waals surface area contributed by atoms with Crippen molar-refractivity contribution in [2.24, 2.45) is 0 Å². The van der Waals surface area contributed by atoms with Gasteiger partial charge < -0.3 is 0 Å². The summed E-state index contributed by atoms with van der Waals surface area (Å²) in [5, 5.41) is 0. The molecule has 1 aromatic heterocycles. The third-order valence-corrected chi connectivity index (χ3v) is 1.41. The molecule has 54 valence electrons. The standard InChI is InChI=1S/C7H7ClFN/c8-3-1-6-2-4-10-5-7(6)9/h2,4-5H,1,3H2. The highest BCUT2D eigenvalue weighted by Crippen LogP contribution is 2.05. The van der Waals surface area contributed by atoms with Crippen LogP contribution in [0.1, 0.15) is 5.56 Å². The van der Waals surface area contributed by atoms with Gasteiger partial charge in [0.15, 0.2) is 0 Å². The number of rotatable bonds is 2. The fraction of sp³-hybridized carbons (Fsp3) is 0.286. The first-order valence-electron chi connectivity index (χ1n) is 2.99. The number of hydrogen-bond donors (Lipinski definition) is 0. The molecule has 0 atom stereocenters. The fourth-order valence-electron chi connectivity index (χ4n) is 0.709. The summed E-state index contributed by atoms with van der Waals surface area (Å²) in [6, 6.07) is 1.64. The zero-order chi connectivity index (χ0) is 7.40. The first-order valence-corrected chi connectivity index (χ1v) is 3.52. The normalized spacial score (nSPS) is 9.80. The third kappa shape index (κ3) is 1.67. The van der Waals surface area contributed by atoms with Crippen LogP contribution in [0.25, 0.3) is 0 Å². The molecule has 0 bridgehead atoms. The molecule has 0 aliphatic carbocycles. The minimum absolute atomic E-state index is 0.275. The highest BCUT2D eigenvalue weighted by Gasteiger charge is 1.97. The van der Waals surface area contributed by atoms with Crippen LogP contribution in [0, 0.1) is 5.82 Å². The lowest BCUT2D eigenvalue weighted by atomic mass is 10.2. The Kier molecular flexibility index (Phi) is 2.63. The van der Waals surface area contributed by atoms with Crippen molar-refractivity contribution in [3.63, 3.8) is 0 Å². The second kappa shape index (κ2) is 3.52. The smallest absolute Gasteiger partial charge is 0.144 e. The maximum Gasteiger partial charge on any atom is 0.144 e. The average molecular weight is 160 g/mol. The van der Waals surface area contributed by atoms with E-state index in [1.807, 2.05) is 0 Å². The minimum Gasteiger partial charge on any atom is -0.262 e. The molecule has 0 aromatic carbocycles. The molecule has 1 rings (SSSR count). The molecule has 0 radical (unpaired) electrons. The number of hydrogen-bond acceptors (Lipinski definition) is 1. The largest absolute Gasteiger partial charge is 0.262 e. The van der Waals surface area contributed by atoms with Crippen molar-refractivity contribution in [1.29, 1.82) is 0 Å². The summed E-state index contributed by atoms with van der Waals surface area (Å²) < 4.78 is 12.7. The Balaban J connectivity index is 2.81. The lowest BCUT2D eigenvalue weighted by molar-refractivity contribution is 0.606. The zero-order valence-corrected chi connectivity index (χ0v) is 6.11. The van der Waals surface area contributed by atoms with E-state index in [2.05, 4.69) is 4.98 Å². The minimum atomic E-state index is -0.275. The summed E-state index contributed by atoms with van der Waals surface area (Å²) in [4.78, 5) is 3.61. The van der Waals surface area contributed by atoms with Gasteiger partial charge in [-0.05, 0) is 18.1 Å². The molecule has 0 fully saturated rings. The van der Waals surface area contributed by atoms with Crippen LogP contribution in [0.4, 0.5) is 4.39 Å². The van der Waals surface area contributed by atoms with E-state index in [1.54, 1.807) is 12.3 Å². The predicted octanol–water partition coefficient (Wildman–Crippen LogP) is 2.00. The summed E-state index contributed by atoms with van der Waals surface area (Å²) in [5.74, 6) is 0.171. The molecule has 1 aromatic rings. The molecule has 3 heteroatoms. The molecule has 0 spiro atoms. The molecule has 0 saturated carbocycles. The van der Waals surface area contributed by atoms with Gasteiger partial charge in [-0.15, -0.1) is 11.6 Å². The van der Waals surface area contributed by atoms with Crippen molar-refractivity contribution in [3.05, 3.63) is 29.8 Å². The van der Waals surface area contributed by atoms with Crippen LogP contribution < -0.4 is 0 Å². The SMILES string of the molecule is Fc1cnccc1CCCl. The van der Waals surface area contributed by atoms with Crippen LogP contribution >= 0.6 is 11.6 Å². The Morgan fingerprint density at radius 1 is 1.60 bits per heavy atom. The van der Waals surface area contributed by atoms with E-state index < -0.39 is 0 Å². The van der Waals surface area contributed by atoms with Gasteiger partial charge in [0.1, 0.15) is 5.82 Å². The Morgan fingerprint density at radius 2 is 2.40 bits per heavy atom. The zero-order valence-electron chi connectivity index (χ0n) is 5.35. The van der Waals surface area contributed by atoms with Crippen molar-refractivity contribution < 1.29 is 4.39 Å². The number of nitrogens with zero attached hydrogens (tertiary/aromatic N) is 1. The number of halogens is 2. The Labute approximate surface area is 63.8 Å². The van der Waals surface area contributed by atoms with Gasteiger partial charge in [0, 0.05) is 12.1 Å². The van der Waals surface area contributed by atoms with Gasteiger partial charge in [-0.25, -0.2) is 4.39 Å². The maximum absolute atomic E-state index is 12.7. The van der Waals surface area contributed by atoms with E-state index in [9.17, 15) is 4.39 Å². The maximum atomic E-state index is 12.7. The van der Waals surface area contributed by atoms with Crippen LogP contribution in [0.5, 0.6) is 0 Å². The van der Waals surface area contributed by atoms with Gasteiger partial charge in [-0.1, -0.05) is 0 Å².